The average molecular weight is 274 g/mol. The number of likely N-dealkylation sites (tertiary alicyclic amines) is 1. The van der Waals surface area contributed by atoms with Crippen LogP contribution in [0, 0.1) is 5.92 Å². The zero-order valence-electron chi connectivity index (χ0n) is 12.6. The molecule has 0 bridgehead atoms. The van der Waals surface area contributed by atoms with Crippen molar-refractivity contribution >= 4 is 0 Å². The van der Waals surface area contributed by atoms with Crippen LogP contribution in [-0.4, -0.2) is 43.7 Å². The van der Waals surface area contributed by atoms with Crippen LogP contribution in [0.2, 0.25) is 0 Å². The molecular formula is C17H26N2O. The minimum atomic E-state index is 0.582. The number of rotatable bonds is 4. The van der Waals surface area contributed by atoms with Gasteiger partial charge in [0.05, 0.1) is 7.11 Å². The third-order valence-electron chi connectivity index (χ3n) is 4.96. The van der Waals surface area contributed by atoms with E-state index in [0.717, 1.165) is 24.1 Å². The number of para-hydroxylation sites is 1. The number of benzene rings is 1. The fraction of sp³-hybridized carbons (Fsp3) is 0.647. The molecule has 0 aliphatic carbocycles. The molecule has 0 radical (unpaired) electrons. The molecule has 20 heavy (non-hydrogen) atoms. The molecular weight excluding hydrogens is 248 g/mol. The molecule has 0 aromatic heterocycles. The molecule has 3 heteroatoms. The standard InChI is InChI=1S/C17H26N2O/c1-13(10-14-6-3-4-8-17(14)20-2)19-11-15-7-5-9-18-16(15)12-19/h3-4,6,8,13,15-16,18H,5,7,9-12H2,1-2H3. The molecule has 1 aromatic carbocycles. The van der Waals surface area contributed by atoms with Gasteiger partial charge in [0.1, 0.15) is 5.75 Å². The van der Waals surface area contributed by atoms with E-state index in [1.807, 2.05) is 6.07 Å². The number of piperidine rings is 1. The van der Waals surface area contributed by atoms with Gasteiger partial charge < -0.3 is 10.1 Å². The van der Waals surface area contributed by atoms with Crippen molar-refractivity contribution in [3.8, 4) is 5.75 Å². The molecule has 2 aliphatic rings. The van der Waals surface area contributed by atoms with Crippen LogP contribution in [0.1, 0.15) is 25.3 Å². The summed E-state index contributed by atoms with van der Waals surface area (Å²) in [4.78, 5) is 2.65. The Morgan fingerprint density at radius 1 is 1.35 bits per heavy atom. The summed E-state index contributed by atoms with van der Waals surface area (Å²) < 4.78 is 5.47. The summed E-state index contributed by atoms with van der Waals surface area (Å²) in [5.41, 5.74) is 1.32. The van der Waals surface area contributed by atoms with Gasteiger partial charge in [-0.2, -0.15) is 0 Å². The highest BCUT2D eigenvalue weighted by molar-refractivity contribution is 5.33. The van der Waals surface area contributed by atoms with Crippen molar-refractivity contribution in [3.05, 3.63) is 29.8 Å². The molecule has 2 saturated heterocycles. The molecule has 0 saturated carbocycles. The van der Waals surface area contributed by atoms with Gasteiger partial charge in [0.2, 0.25) is 0 Å². The van der Waals surface area contributed by atoms with E-state index in [1.165, 1.54) is 38.0 Å². The zero-order valence-corrected chi connectivity index (χ0v) is 12.6. The van der Waals surface area contributed by atoms with Crippen LogP contribution in [-0.2, 0) is 6.42 Å². The number of hydrogen-bond donors (Lipinski definition) is 1. The Kier molecular flexibility index (Phi) is 4.27. The van der Waals surface area contributed by atoms with Crippen molar-refractivity contribution in [2.45, 2.75) is 38.3 Å². The lowest BCUT2D eigenvalue weighted by Gasteiger charge is -2.25. The van der Waals surface area contributed by atoms with E-state index in [0.29, 0.717) is 6.04 Å². The fourth-order valence-corrected chi connectivity index (χ4v) is 3.76. The van der Waals surface area contributed by atoms with E-state index in [-0.39, 0.29) is 0 Å². The first-order valence-corrected chi connectivity index (χ1v) is 7.87. The Balaban J connectivity index is 1.63. The normalized spacial score (nSPS) is 28.1. The Bertz CT molecular complexity index is 434. The molecule has 2 aliphatic heterocycles. The largest absolute Gasteiger partial charge is 0.496 e. The van der Waals surface area contributed by atoms with E-state index in [2.05, 4.69) is 35.3 Å². The first kappa shape index (κ1) is 13.9. The number of hydrogen-bond acceptors (Lipinski definition) is 3. The Morgan fingerprint density at radius 3 is 3.00 bits per heavy atom. The van der Waals surface area contributed by atoms with Gasteiger partial charge in [0.15, 0.2) is 0 Å². The summed E-state index contributed by atoms with van der Waals surface area (Å²) in [6.45, 7) is 6.02. The van der Waals surface area contributed by atoms with E-state index >= 15 is 0 Å². The molecule has 1 aromatic rings. The van der Waals surface area contributed by atoms with Crippen LogP contribution >= 0.6 is 0 Å². The monoisotopic (exact) mass is 274 g/mol. The molecule has 2 fully saturated rings. The predicted molar refractivity (Wildman–Crippen MR) is 82.2 cm³/mol. The van der Waals surface area contributed by atoms with Gasteiger partial charge in [0, 0.05) is 25.2 Å². The zero-order chi connectivity index (χ0) is 13.9. The molecule has 3 nitrogen and oxygen atoms in total. The van der Waals surface area contributed by atoms with Gasteiger partial charge in [-0.25, -0.2) is 0 Å². The Morgan fingerprint density at radius 2 is 2.20 bits per heavy atom. The maximum absolute atomic E-state index is 5.47. The van der Waals surface area contributed by atoms with Gasteiger partial charge in [-0.05, 0) is 50.3 Å². The van der Waals surface area contributed by atoms with Crippen molar-refractivity contribution in [3.63, 3.8) is 0 Å². The summed E-state index contributed by atoms with van der Waals surface area (Å²) in [6.07, 6.45) is 3.81. The molecule has 0 spiro atoms. The smallest absolute Gasteiger partial charge is 0.122 e. The SMILES string of the molecule is COc1ccccc1CC(C)N1CC2CCCNC2C1. The number of fused-ring (bicyclic) bond motifs is 1. The molecule has 3 rings (SSSR count). The molecule has 1 N–H and O–H groups in total. The third-order valence-corrected chi connectivity index (χ3v) is 4.96. The average Bonchev–Trinajstić information content (AvgIpc) is 2.92. The van der Waals surface area contributed by atoms with Gasteiger partial charge in [-0.1, -0.05) is 18.2 Å². The summed E-state index contributed by atoms with van der Waals surface area (Å²) in [5, 5.41) is 3.69. The second kappa shape index (κ2) is 6.15. The minimum absolute atomic E-state index is 0.582. The van der Waals surface area contributed by atoms with Crippen molar-refractivity contribution in [2.24, 2.45) is 5.92 Å². The lowest BCUT2D eigenvalue weighted by atomic mass is 9.94. The van der Waals surface area contributed by atoms with Crippen molar-refractivity contribution in [1.82, 2.24) is 10.2 Å². The molecule has 3 atom stereocenters. The molecule has 110 valence electrons. The maximum atomic E-state index is 5.47. The second-order valence-corrected chi connectivity index (χ2v) is 6.28. The van der Waals surface area contributed by atoms with Gasteiger partial charge in [0.25, 0.3) is 0 Å². The van der Waals surface area contributed by atoms with Gasteiger partial charge in [-0.3, -0.25) is 4.90 Å². The second-order valence-electron chi connectivity index (χ2n) is 6.28. The first-order valence-electron chi connectivity index (χ1n) is 7.87. The maximum Gasteiger partial charge on any atom is 0.122 e. The topological polar surface area (TPSA) is 24.5 Å². The van der Waals surface area contributed by atoms with E-state index in [4.69, 9.17) is 4.74 Å². The summed E-state index contributed by atoms with van der Waals surface area (Å²) in [7, 11) is 1.76. The van der Waals surface area contributed by atoms with E-state index in [9.17, 15) is 0 Å². The van der Waals surface area contributed by atoms with Crippen LogP contribution < -0.4 is 10.1 Å². The van der Waals surface area contributed by atoms with Crippen LogP contribution in [0.4, 0.5) is 0 Å². The number of nitrogens with zero attached hydrogens (tertiary/aromatic N) is 1. The minimum Gasteiger partial charge on any atom is -0.496 e. The highest BCUT2D eigenvalue weighted by atomic mass is 16.5. The Labute approximate surface area is 122 Å². The Hall–Kier alpha value is -1.06. The van der Waals surface area contributed by atoms with Crippen LogP contribution in [0.3, 0.4) is 0 Å². The van der Waals surface area contributed by atoms with Crippen molar-refractivity contribution in [1.29, 1.82) is 0 Å². The van der Waals surface area contributed by atoms with Crippen molar-refractivity contribution < 1.29 is 4.74 Å². The summed E-state index contributed by atoms with van der Waals surface area (Å²) in [6, 6.07) is 9.71. The molecule has 3 unspecified atom stereocenters. The number of nitrogens with one attached hydrogen (secondary N) is 1. The van der Waals surface area contributed by atoms with Gasteiger partial charge >= 0.3 is 0 Å². The van der Waals surface area contributed by atoms with Crippen LogP contribution in [0.15, 0.2) is 24.3 Å². The van der Waals surface area contributed by atoms with Crippen LogP contribution in [0.5, 0.6) is 5.75 Å². The van der Waals surface area contributed by atoms with Gasteiger partial charge in [-0.15, -0.1) is 0 Å². The highest BCUT2D eigenvalue weighted by Crippen LogP contribution is 2.28. The van der Waals surface area contributed by atoms with Crippen molar-refractivity contribution in [2.75, 3.05) is 26.7 Å². The van der Waals surface area contributed by atoms with E-state index < -0.39 is 0 Å². The lowest BCUT2D eigenvalue weighted by Crippen LogP contribution is -2.41. The number of methoxy groups -OCH3 is 1. The first-order chi connectivity index (χ1) is 9.78. The number of ether oxygens (including phenoxy) is 1. The quantitative estimate of drug-likeness (QED) is 0.912. The summed E-state index contributed by atoms with van der Waals surface area (Å²) in [5.74, 6) is 1.89. The van der Waals surface area contributed by atoms with Crippen LogP contribution in [0.25, 0.3) is 0 Å². The predicted octanol–water partition coefficient (Wildman–Crippen LogP) is 2.31. The molecule has 2 heterocycles. The van der Waals surface area contributed by atoms with E-state index in [1.54, 1.807) is 7.11 Å². The fourth-order valence-electron chi connectivity index (χ4n) is 3.76. The highest BCUT2D eigenvalue weighted by Gasteiger charge is 2.35. The molecule has 0 amide bonds. The lowest BCUT2D eigenvalue weighted by molar-refractivity contribution is 0.244. The summed E-state index contributed by atoms with van der Waals surface area (Å²) >= 11 is 0. The third kappa shape index (κ3) is 2.84.